The van der Waals surface area contributed by atoms with Gasteiger partial charge in [-0.3, -0.25) is 4.79 Å². The van der Waals surface area contributed by atoms with E-state index in [-0.39, 0.29) is 5.91 Å². The van der Waals surface area contributed by atoms with Crippen molar-refractivity contribution in [2.45, 2.75) is 0 Å². The fourth-order valence-corrected chi connectivity index (χ4v) is 3.35. The zero-order valence-electron chi connectivity index (χ0n) is 9.18. The highest BCUT2D eigenvalue weighted by atomic mass is 35.5. The third-order valence-electron chi connectivity index (χ3n) is 2.43. The third-order valence-corrected chi connectivity index (χ3v) is 4.41. The molecule has 1 N–H and O–H groups in total. The Morgan fingerprint density at radius 1 is 1.21 bits per heavy atom. The summed E-state index contributed by atoms with van der Waals surface area (Å²) in [5, 5.41) is 5.35. The van der Waals surface area contributed by atoms with Crippen LogP contribution in [0, 0.1) is 0 Å². The molecule has 0 radical (unpaired) electrons. The number of halogens is 2. The lowest BCUT2D eigenvalue weighted by molar-refractivity contribution is 0.103. The van der Waals surface area contributed by atoms with Crippen molar-refractivity contribution in [3.8, 4) is 0 Å². The second-order valence-electron chi connectivity index (χ2n) is 3.61. The Labute approximate surface area is 126 Å². The van der Waals surface area contributed by atoms with Crippen molar-refractivity contribution < 1.29 is 4.79 Å². The molecule has 3 rings (SSSR count). The summed E-state index contributed by atoms with van der Waals surface area (Å²) in [7, 11) is 0. The number of hydrogen-bond donors (Lipinski definition) is 1. The summed E-state index contributed by atoms with van der Waals surface area (Å²) in [4.78, 5) is 12.6. The molecule has 4 nitrogen and oxygen atoms in total. The molecule has 0 bridgehead atoms. The number of rotatable bonds is 2. The standard InChI is InChI=1S/C11H5Cl2N3OS2/c12-5-4-6(13)9-10(16-19-15-9)8(5)14-11(17)7-2-1-3-18-7/h1-4H,(H,14,17). The van der Waals surface area contributed by atoms with Crippen LogP contribution in [0.15, 0.2) is 23.6 Å². The fraction of sp³-hybridized carbons (Fsp3) is 0. The highest BCUT2D eigenvalue weighted by Crippen LogP contribution is 2.35. The third kappa shape index (κ3) is 2.32. The number of carbonyl (C=O) groups excluding carboxylic acids is 1. The predicted molar refractivity (Wildman–Crippen MR) is 79.7 cm³/mol. The number of hydrogen-bond acceptors (Lipinski definition) is 5. The van der Waals surface area contributed by atoms with E-state index in [1.165, 1.54) is 11.3 Å². The quantitative estimate of drug-likeness (QED) is 0.762. The van der Waals surface area contributed by atoms with Crippen LogP contribution in [0.25, 0.3) is 11.0 Å². The fourth-order valence-electron chi connectivity index (χ4n) is 1.58. The van der Waals surface area contributed by atoms with E-state index < -0.39 is 0 Å². The Morgan fingerprint density at radius 2 is 2.00 bits per heavy atom. The number of carbonyl (C=O) groups is 1. The first-order valence-corrected chi connectivity index (χ1v) is 7.48. The summed E-state index contributed by atoms with van der Waals surface area (Å²) < 4.78 is 8.21. The van der Waals surface area contributed by atoms with Crippen LogP contribution in [0.5, 0.6) is 0 Å². The van der Waals surface area contributed by atoms with Gasteiger partial charge in [-0.2, -0.15) is 8.75 Å². The van der Waals surface area contributed by atoms with Gasteiger partial charge >= 0.3 is 0 Å². The van der Waals surface area contributed by atoms with Gasteiger partial charge in [-0.25, -0.2) is 0 Å². The van der Waals surface area contributed by atoms with E-state index in [1.54, 1.807) is 12.1 Å². The van der Waals surface area contributed by atoms with Crippen LogP contribution in [-0.4, -0.2) is 14.7 Å². The minimum absolute atomic E-state index is 0.228. The first-order valence-electron chi connectivity index (χ1n) is 5.12. The lowest BCUT2D eigenvalue weighted by Crippen LogP contribution is -2.11. The van der Waals surface area contributed by atoms with Gasteiger partial charge in [0.05, 0.1) is 32.3 Å². The molecule has 0 atom stereocenters. The average molecular weight is 330 g/mol. The van der Waals surface area contributed by atoms with E-state index in [9.17, 15) is 4.79 Å². The number of benzene rings is 1. The summed E-state index contributed by atoms with van der Waals surface area (Å²) in [5.41, 5.74) is 1.48. The number of aromatic nitrogens is 2. The normalized spacial score (nSPS) is 10.8. The van der Waals surface area contributed by atoms with Crippen LogP contribution in [-0.2, 0) is 0 Å². The van der Waals surface area contributed by atoms with Gasteiger partial charge in [-0.1, -0.05) is 29.3 Å². The van der Waals surface area contributed by atoms with Crippen LogP contribution in [0.4, 0.5) is 5.69 Å². The maximum absolute atomic E-state index is 12.0. The van der Waals surface area contributed by atoms with Gasteiger partial charge in [0.2, 0.25) is 0 Å². The molecule has 2 heterocycles. The molecule has 0 aliphatic heterocycles. The zero-order chi connectivity index (χ0) is 13.4. The molecule has 0 aliphatic carbocycles. The first kappa shape index (κ1) is 12.8. The van der Waals surface area contributed by atoms with Crippen molar-refractivity contribution in [2.24, 2.45) is 0 Å². The number of nitrogens with zero attached hydrogens (tertiary/aromatic N) is 2. The topological polar surface area (TPSA) is 54.9 Å². The summed E-state index contributed by atoms with van der Waals surface area (Å²) in [6.07, 6.45) is 0. The number of anilines is 1. The number of fused-ring (bicyclic) bond motifs is 1. The molecule has 3 aromatic rings. The molecule has 0 saturated heterocycles. The molecule has 1 amide bonds. The smallest absolute Gasteiger partial charge is 0.265 e. The highest BCUT2D eigenvalue weighted by molar-refractivity contribution is 7.12. The molecule has 19 heavy (non-hydrogen) atoms. The summed E-state index contributed by atoms with van der Waals surface area (Å²) in [5.74, 6) is -0.228. The van der Waals surface area contributed by atoms with Gasteiger partial charge in [-0.05, 0) is 17.5 Å². The monoisotopic (exact) mass is 329 g/mol. The lowest BCUT2D eigenvalue weighted by Gasteiger charge is -2.07. The van der Waals surface area contributed by atoms with Crippen LogP contribution in [0.1, 0.15) is 9.67 Å². The SMILES string of the molecule is O=C(Nc1c(Cl)cc(Cl)c2nsnc12)c1cccs1. The molecule has 0 aliphatic rings. The Bertz CT molecular complexity index is 755. The molecule has 0 fully saturated rings. The molecule has 1 aromatic carbocycles. The van der Waals surface area contributed by atoms with Crippen molar-refractivity contribution in [3.63, 3.8) is 0 Å². The van der Waals surface area contributed by atoms with Crippen LogP contribution in [0.3, 0.4) is 0 Å². The summed E-state index contributed by atoms with van der Waals surface area (Å²) in [6, 6.07) is 5.10. The van der Waals surface area contributed by atoms with Crippen LogP contribution >= 0.6 is 46.3 Å². The molecule has 0 unspecified atom stereocenters. The molecular weight excluding hydrogens is 325 g/mol. The van der Waals surface area contributed by atoms with Gasteiger partial charge in [0.1, 0.15) is 11.0 Å². The van der Waals surface area contributed by atoms with Crippen LogP contribution in [0.2, 0.25) is 10.0 Å². The Hall–Kier alpha value is -1.21. The number of nitrogens with one attached hydrogen (secondary N) is 1. The Balaban J connectivity index is 2.06. The second-order valence-corrected chi connectivity index (χ2v) is 5.90. The average Bonchev–Trinajstić information content (AvgIpc) is 3.04. The van der Waals surface area contributed by atoms with E-state index >= 15 is 0 Å². The highest BCUT2D eigenvalue weighted by Gasteiger charge is 2.17. The molecular formula is C11H5Cl2N3OS2. The Morgan fingerprint density at radius 3 is 2.74 bits per heavy atom. The first-order chi connectivity index (χ1) is 9.16. The minimum atomic E-state index is -0.228. The minimum Gasteiger partial charge on any atom is -0.318 e. The van der Waals surface area contributed by atoms with Gasteiger partial charge in [0.15, 0.2) is 0 Å². The largest absolute Gasteiger partial charge is 0.318 e. The summed E-state index contributed by atoms with van der Waals surface area (Å²) in [6.45, 7) is 0. The summed E-state index contributed by atoms with van der Waals surface area (Å²) >= 11 is 14.5. The van der Waals surface area contributed by atoms with Gasteiger partial charge < -0.3 is 5.32 Å². The van der Waals surface area contributed by atoms with Crippen LogP contribution < -0.4 is 5.32 Å². The van der Waals surface area contributed by atoms with Crippen molar-refractivity contribution in [2.75, 3.05) is 5.32 Å². The van der Waals surface area contributed by atoms with Gasteiger partial charge in [-0.15, -0.1) is 11.3 Å². The maximum Gasteiger partial charge on any atom is 0.265 e. The van der Waals surface area contributed by atoms with E-state index in [0.29, 0.717) is 31.6 Å². The predicted octanol–water partition coefficient (Wildman–Crippen LogP) is 4.31. The van der Waals surface area contributed by atoms with Crippen molar-refractivity contribution in [1.82, 2.24) is 8.75 Å². The lowest BCUT2D eigenvalue weighted by atomic mass is 10.2. The van der Waals surface area contributed by atoms with Gasteiger partial charge in [0.25, 0.3) is 5.91 Å². The van der Waals surface area contributed by atoms with Crippen molar-refractivity contribution in [1.29, 1.82) is 0 Å². The van der Waals surface area contributed by atoms with E-state index in [0.717, 1.165) is 11.7 Å². The van der Waals surface area contributed by atoms with E-state index in [1.807, 2.05) is 11.4 Å². The Kier molecular flexibility index (Phi) is 3.40. The van der Waals surface area contributed by atoms with E-state index in [2.05, 4.69) is 14.1 Å². The molecule has 96 valence electrons. The molecule has 8 heteroatoms. The zero-order valence-corrected chi connectivity index (χ0v) is 12.3. The second kappa shape index (κ2) is 5.05. The molecule has 2 aromatic heterocycles. The number of thiophene rings is 1. The van der Waals surface area contributed by atoms with Gasteiger partial charge in [0, 0.05) is 0 Å². The number of amides is 1. The van der Waals surface area contributed by atoms with Crippen molar-refractivity contribution >= 4 is 68.9 Å². The maximum atomic E-state index is 12.0. The van der Waals surface area contributed by atoms with E-state index in [4.69, 9.17) is 23.2 Å². The molecule has 0 saturated carbocycles. The van der Waals surface area contributed by atoms with Crippen molar-refractivity contribution in [3.05, 3.63) is 38.5 Å². The molecule has 0 spiro atoms.